The van der Waals surface area contributed by atoms with Gasteiger partial charge in [0.25, 0.3) is 5.78 Å². The van der Waals surface area contributed by atoms with Crippen LogP contribution in [0.25, 0.3) is 5.78 Å². The molecule has 1 saturated carbocycles. The van der Waals surface area contributed by atoms with Crippen molar-refractivity contribution in [1.29, 1.82) is 0 Å². The van der Waals surface area contributed by atoms with E-state index >= 15 is 0 Å². The molecule has 0 aromatic carbocycles. The predicted octanol–water partition coefficient (Wildman–Crippen LogP) is 3.07. The number of anilines is 1. The van der Waals surface area contributed by atoms with E-state index in [9.17, 15) is 13.2 Å². The summed E-state index contributed by atoms with van der Waals surface area (Å²) in [5.74, 6) is 0.0686. The van der Waals surface area contributed by atoms with Crippen LogP contribution in [0.15, 0.2) is 24.7 Å². The Kier molecular flexibility index (Phi) is 3.81. The van der Waals surface area contributed by atoms with Crippen LogP contribution in [0.5, 0.6) is 0 Å². The SMILES string of the molecule is FC(F)(F)c1cc(NCc2ccn(C3CCCC3)n2)n2ncnc2n1. The van der Waals surface area contributed by atoms with E-state index in [-0.39, 0.29) is 18.1 Å². The van der Waals surface area contributed by atoms with Crippen LogP contribution >= 0.6 is 0 Å². The molecule has 0 saturated heterocycles. The second kappa shape index (κ2) is 6.01. The van der Waals surface area contributed by atoms with Gasteiger partial charge in [-0.25, -0.2) is 4.98 Å². The number of hydrogen-bond acceptors (Lipinski definition) is 5. The lowest BCUT2D eigenvalue weighted by atomic mass is 10.3. The second-order valence-corrected chi connectivity index (χ2v) is 6.08. The van der Waals surface area contributed by atoms with Crippen molar-refractivity contribution in [2.24, 2.45) is 0 Å². The third-order valence-corrected chi connectivity index (χ3v) is 4.36. The number of rotatable bonds is 4. The number of nitrogens with one attached hydrogen (secondary N) is 1. The first kappa shape index (κ1) is 15.9. The van der Waals surface area contributed by atoms with Crippen molar-refractivity contribution < 1.29 is 13.2 Å². The maximum Gasteiger partial charge on any atom is 0.433 e. The minimum absolute atomic E-state index is 0.103. The van der Waals surface area contributed by atoms with Crippen LogP contribution in [-0.2, 0) is 12.7 Å². The topological polar surface area (TPSA) is 72.9 Å². The van der Waals surface area contributed by atoms with Gasteiger partial charge in [0.15, 0.2) is 5.69 Å². The van der Waals surface area contributed by atoms with Crippen LogP contribution in [0.2, 0.25) is 0 Å². The van der Waals surface area contributed by atoms with Crippen LogP contribution in [-0.4, -0.2) is 29.4 Å². The van der Waals surface area contributed by atoms with Crippen molar-refractivity contribution in [2.75, 3.05) is 5.32 Å². The van der Waals surface area contributed by atoms with Gasteiger partial charge < -0.3 is 5.32 Å². The van der Waals surface area contributed by atoms with Crippen molar-refractivity contribution in [3.8, 4) is 0 Å². The Morgan fingerprint density at radius 2 is 2.04 bits per heavy atom. The summed E-state index contributed by atoms with van der Waals surface area (Å²) in [7, 11) is 0. The van der Waals surface area contributed by atoms with E-state index in [1.165, 1.54) is 23.7 Å². The van der Waals surface area contributed by atoms with Gasteiger partial charge in [0.2, 0.25) is 0 Å². The van der Waals surface area contributed by atoms with E-state index in [0.717, 1.165) is 24.6 Å². The highest BCUT2D eigenvalue weighted by Crippen LogP contribution is 2.30. The summed E-state index contributed by atoms with van der Waals surface area (Å²) in [4.78, 5) is 7.23. The predicted molar refractivity (Wildman–Crippen MR) is 82.8 cm³/mol. The fraction of sp³-hybridized carbons (Fsp3) is 0.467. The first-order chi connectivity index (χ1) is 12.0. The highest BCUT2D eigenvalue weighted by molar-refractivity contribution is 5.45. The molecule has 0 radical (unpaired) electrons. The van der Waals surface area contributed by atoms with Crippen molar-refractivity contribution in [2.45, 2.75) is 44.4 Å². The van der Waals surface area contributed by atoms with Gasteiger partial charge >= 0.3 is 6.18 Å². The average Bonchev–Trinajstić information content (AvgIpc) is 3.30. The van der Waals surface area contributed by atoms with Crippen LogP contribution in [0.3, 0.4) is 0 Å². The third kappa shape index (κ3) is 3.15. The fourth-order valence-corrected chi connectivity index (χ4v) is 3.11. The Hall–Kier alpha value is -2.65. The first-order valence-corrected chi connectivity index (χ1v) is 8.06. The Morgan fingerprint density at radius 1 is 1.24 bits per heavy atom. The first-order valence-electron chi connectivity index (χ1n) is 8.06. The number of hydrogen-bond donors (Lipinski definition) is 1. The lowest BCUT2D eigenvalue weighted by Crippen LogP contribution is -2.13. The summed E-state index contributed by atoms with van der Waals surface area (Å²) in [5, 5.41) is 11.4. The number of halogens is 3. The van der Waals surface area contributed by atoms with Crippen LogP contribution in [0, 0.1) is 0 Å². The molecular weight excluding hydrogens is 335 g/mol. The van der Waals surface area contributed by atoms with Gasteiger partial charge in [-0.1, -0.05) is 12.8 Å². The van der Waals surface area contributed by atoms with E-state index in [2.05, 4.69) is 25.5 Å². The van der Waals surface area contributed by atoms with Gasteiger partial charge in [-0.05, 0) is 18.9 Å². The van der Waals surface area contributed by atoms with E-state index in [1.807, 2.05) is 16.9 Å². The van der Waals surface area contributed by atoms with Crippen molar-refractivity contribution in [1.82, 2.24) is 29.4 Å². The molecule has 0 aliphatic heterocycles. The minimum atomic E-state index is -4.55. The lowest BCUT2D eigenvalue weighted by Gasteiger charge is -2.11. The van der Waals surface area contributed by atoms with E-state index in [4.69, 9.17) is 0 Å². The molecule has 0 atom stereocenters. The largest absolute Gasteiger partial charge is 0.433 e. The van der Waals surface area contributed by atoms with E-state index < -0.39 is 11.9 Å². The van der Waals surface area contributed by atoms with Crippen molar-refractivity contribution in [3.63, 3.8) is 0 Å². The molecule has 4 rings (SSSR count). The van der Waals surface area contributed by atoms with Gasteiger partial charge in [-0.3, -0.25) is 4.68 Å². The van der Waals surface area contributed by atoms with Gasteiger partial charge in [-0.15, -0.1) is 0 Å². The Balaban J connectivity index is 1.55. The maximum absolute atomic E-state index is 13.0. The zero-order chi connectivity index (χ0) is 17.4. The molecule has 0 bridgehead atoms. The standard InChI is InChI=1S/C15H16F3N7/c16-15(17,18)12-7-13(25-14(22-12)20-9-21-25)19-8-10-5-6-24(23-10)11-3-1-2-4-11/h5-7,9,11,19H,1-4,8H2. The molecule has 1 fully saturated rings. The normalized spacial score (nSPS) is 16.0. The van der Waals surface area contributed by atoms with Gasteiger partial charge in [-0.2, -0.15) is 32.9 Å². The molecule has 132 valence electrons. The highest BCUT2D eigenvalue weighted by Gasteiger charge is 2.34. The van der Waals surface area contributed by atoms with Crippen LogP contribution < -0.4 is 5.32 Å². The molecule has 25 heavy (non-hydrogen) atoms. The van der Waals surface area contributed by atoms with Crippen LogP contribution in [0.1, 0.15) is 43.1 Å². The van der Waals surface area contributed by atoms with Crippen molar-refractivity contribution in [3.05, 3.63) is 36.0 Å². The van der Waals surface area contributed by atoms with E-state index in [0.29, 0.717) is 6.04 Å². The molecule has 3 heterocycles. The summed E-state index contributed by atoms with van der Waals surface area (Å²) in [6.07, 6.45) is 3.20. The molecule has 0 amide bonds. The molecule has 3 aromatic heterocycles. The molecular formula is C15H16F3N7. The second-order valence-electron chi connectivity index (χ2n) is 6.08. The molecule has 10 heteroatoms. The molecule has 0 spiro atoms. The molecule has 1 aliphatic rings. The maximum atomic E-state index is 13.0. The fourth-order valence-electron chi connectivity index (χ4n) is 3.11. The summed E-state index contributed by atoms with van der Waals surface area (Å²) in [6.45, 7) is 0.288. The molecule has 7 nitrogen and oxygen atoms in total. The monoisotopic (exact) mass is 351 g/mol. The molecule has 1 N–H and O–H groups in total. The number of aromatic nitrogens is 6. The number of nitrogens with zero attached hydrogens (tertiary/aromatic N) is 6. The van der Waals surface area contributed by atoms with E-state index in [1.54, 1.807) is 0 Å². The Morgan fingerprint density at radius 3 is 2.80 bits per heavy atom. The van der Waals surface area contributed by atoms with Gasteiger partial charge in [0, 0.05) is 12.3 Å². The molecule has 1 aliphatic carbocycles. The Labute approximate surface area is 140 Å². The van der Waals surface area contributed by atoms with Crippen LogP contribution in [0.4, 0.5) is 19.0 Å². The van der Waals surface area contributed by atoms with Crippen molar-refractivity contribution >= 4 is 11.6 Å². The van der Waals surface area contributed by atoms with Gasteiger partial charge in [0.05, 0.1) is 18.3 Å². The zero-order valence-corrected chi connectivity index (χ0v) is 13.2. The van der Waals surface area contributed by atoms with Gasteiger partial charge in [0.1, 0.15) is 12.1 Å². The number of alkyl halides is 3. The smallest absolute Gasteiger partial charge is 0.364 e. The third-order valence-electron chi connectivity index (χ3n) is 4.36. The highest BCUT2D eigenvalue weighted by atomic mass is 19.4. The summed E-state index contributed by atoms with van der Waals surface area (Å²) in [5.41, 5.74) is -0.252. The summed E-state index contributed by atoms with van der Waals surface area (Å²) in [6, 6.07) is 3.22. The Bertz CT molecular complexity index is 877. The molecule has 0 unspecified atom stereocenters. The molecule has 3 aromatic rings. The average molecular weight is 351 g/mol. The lowest BCUT2D eigenvalue weighted by molar-refractivity contribution is -0.141. The summed E-state index contributed by atoms with van der Waals surface area (Å²) < 4.78 is 42.1. The minimum Gasteiger partial charge on any atom is -0.364 e. The number of fused-ring (bicyclic) bond motifs is 1. The quantitative estimate of drug-likeness (QED) is 0.782. The summed E-state index contributed by atoms with van der Waals surface area (Å²) >= 11 is 0. The zero-order valence-electron chi connectivity index (χ0n) is 13.2.